The molecule has 0 aliphatic carbocycles. The lowest BCUT2D eigenvalue weighted by Crippen LogP contribution is -2.31. The van der Waals surface area contributed by atoms with Crippen LogP contribution < -0.4 is 10.2 Å². The van der Waals surface area contributed by atoms with Crippen LogP contribution in [0.25, 0.3) is 0 Å². The van der Waals surface area contributed by atoms with E-state index >= 15 is 0 Å². The van der Waals surface area contributed by atoms with Gasteiger partial charge in [0, 0.05) is 24.0 Å². The highest BCUT2D eigenvalue weighted by Crippen LogP contribution is 2.31. The molecule has 2 heterocycles. The number of piperidine rings is 1. The molecule has 3 rings (SSSR count). The lowest BCUT2D eigenvalue weighted by molar-refractivity contribution is -0.384. The fraction of sp³-hybridized carbons (Fsp3) is 0.400. The third-order valence-electron chi connectivity index (χ3n) is 4.79. The van der Waals surface area contributed by atoms with Crippen LogP contribution in [0, 0.1) is 10.1 Å². The monoisotopic (exact) mass is 417 g/mol. The number of rotatable bonds is 7. The minimum Gasteiger partial charge on any atom is -0.452 e. The van der Waals surface area contributed by atoms with Gasteiger partial charge in [0.15, 0.2) is 6.61 Å². The molecule has 0 unspecified atom stereocenters. The number of ether oxygens (including phenoxy) is 1. The second kappa shape index (κ2) is 9.51. The van der Waals surface area contributed by atoms with Gasteiger partial charge in [-0.25, -0.2) is 4.79 Å². The van der Waals surface area contributed by atoms with Gasteiger partial charge in [0.25, 0.3) is 11.6 Å². The molecular weight excluding hydrogens is 394 g/mol. The molecule has 0 spiro atoms. The number of nitrogens with one attached hydrogen (secondary N) is 1. The van der Waals surface area contributed by atoms with Crippen LogP contribution in [0.2, 0.25) is 0 Å². The number of nitrogens with zero attached hydrogens (tertiary/aromatic N) is 2. The number of benzene rings is 1. The lowest BCUT2D eigenvalue weighted by atomic mass is 10.1. The minimum atomic E-state index is -0.766. The average molecular weight is 417 g/mol. The summed E-state index contributed by atoms with van der Waals surface area (Å²) >= 11 is 1.52. The third-order valence-corrected chi connectivity index (χ3v) is 5.84. The predicted octanol–water partition coefficient (Wildman–Crippen LogP) is 3.68. The van der Waals surface area contributed by atoms with Crippen molar-refractivity contribution in [1.29, 1.82) is 0 Å². The summed E-state index contributed by atoms with van der Waals surface area (Å²) in [6.07, 6.45) is 3.09. The second-order valence-electron chi connectivity index (χ2n) is 6.89. The van der Waals surface area contributed by atoms with Crippen molar-refractivity contribution in [2.45, 2.75) is 32.2 Å². The van der Waals surface area contributed by atoms with Gasteiger partial charge in [-0.15, -0.1) is 11.3 Å². The molecule has 1 aromatic heterocycles. The van der Waals surface area contributed by atoms with Crippen LogP contribution in [0.15, 0.2) is 35.7 Å². The quantitative estimate of drug-likeness (QED) is 0.419. The number of thiophene rings is 1. The summed E-state index contributed by atoms with van der Waals surface area (Å²) in [4.78, 5) is 38.3. The van der Waals surface area contributed by atoms with Crippen molar-refractivity contribution in [2.75, 3.05) is 24.6 Å². The largest absolute Gasteiger partial charge is 0.452 e. The number of carbonyl (C=O) groups is 2. The molecule has 0 saturated carbocycles. The van der Waals surface area contributed by atoms with E-state index in [0.717, 1.165) is 37.2 Å². The van der Waals surface area contributed by atoms with E-state index in [0.29, 0.717) is 5.69 Å². The fourth-order valence-electron chi connectivity index (χ4n) is 3.31. The Balaban J connectivity index is 1.62. The van der Waals surface area contributed by atoms with Crippen molar-refractivity contribution in [3.8, 4) is 0 Å². The number of amides is 1. The van der Waals surface area contributed by atoms with E-state index < -0.39 is 23.4 Å². The van der Waals surface area contributed by atoms with Gasteiger partial charge < -0.3 is 15.0 Å². The summed E-state index contributed by atoms with van der Waals surface area (Å²) < 4.78 is 5.04. The highest BCUT2D eigenvalue weighted by Gasteiger charge is 2.24. The SMILES string of the molecule is C[C@@H](NC(=O)COC(=O)c1ccc(N2CCCCC2)c([N+](=O)[O-])c1)c1cccs1. The highest BCUT2D eigenvalue weighted by molar-refractivity contribution is 7.10. The first-order valence-electron chi connectivity index (χ1n) is 9.49. The normalized spacial score (nSPS) is 14.9. The summed E-state index contributed by atoms with van der Waals surface area (Å²) in [5, 5.41) is 16.2. The van der Waals surface area contributed by atoms with Gasteiger partial charge in [-0.3, -0.25) is 14.9 Å². The van der Waals surface area contributed by atoms with Crippen LogP contribution in [-0.4, -0.2) is 36.5 Å². The molecular formula is C20H23N3O5S. The zero-order valence-corrected chi connectivity index (χ0v) is 16.9. The molecule has 1 saturated heterocycles. The molecule has 29 heavy (non-hydrogen) atoms. The molecule has 1 atom stereocenters. The minimum absolute atomic E-state index is 0.0524. The van der Waals surface area contributed by atoms with Crippen LogP contribution in [0.4, 0.5) is 11.4 Å². The smallest absolute Gasteiger partial charge is 0.338 e. The van der Waals surface area contributed by atoms with Crippen LogP contribution in [0.3, 0.4) is 0 Å². The van der Waals surface area contributed by atoms with Gasteiger partial charge in [-0.05, 0) is 49.8 Å². The van der Waals surface area contributed by atoms with Crippen LogP contribution in [0.5, 0.6) is 0 Å². The Hall–Kier alpha value is -2.94. The number of nitro benzene ring substituents is 1. The lowest BCUT2D eigenvalue weighted by Gasteiger charge is -2.28. The maximum atomic E-state index is 12.3. The molecule has 2 aromatic rings. The van der Waals surface area contributed by atoms with Gasteiger partial charge in [0.2, 0.25) is 0 Å². The number of esters is 1. The van der Waals surface area contributed by atoms with Crippen molar-refractivity contribution in [3.05, 3.63) is 56.3 Å². The molecule has 1 aliphatic heterocycles. The van der Waals surface area contributed by atoms with E-state index in [2.05, 4.69) is 5.32 Å². The van der Waals surface area contributed by atoms with E-state index in [4.69, 9.17) is 4.74 Å². The number of hydrogen-bond acceptors (Lipinski definition) is 7. The van der Waals surface area contributed by atoms with Crippen molar-refractivity contribution in [1.82, 2.24) is 5.32 Å². The Bertz CT molecular complexity index is 878. The Morgan fingerprint density at radius 3 is 2.69 bits per heavy atom. The van der Waals surface area contributed by atoms with Gasteiger partial charge in [0.05, 0.1) is 16.5 Å². The molecule has 1 amide bonds. The van der Waals surface area contributed by atoms with Crippen LogP contribution in [-0.2, 0) is 9.53 Å². The van der Waals surface area contributed by atoms with Gasteiger partial charge >= 0.3 is 5.97 Å². The Morgan fingerprint density at radius 1 is 1.28 bits per heavy atom. The average Bonchev–Trinajstić information content (AvgIpc) is 3.27. The molecule has 1 fully saturated rings. The molecule has 0 bridgehead atoms. The molecule has 0 radical (unpaired) electrons. The molecule has 154 valence electrons. The summed E-state index contributed by atoms with van der Waals surface area (Å²) in [7, 11) is 0. The van der Waals surface area contributed by atoms with Crippen molar-refractivity contribution in [3.63, 3.8) is 0 Å². The second-order valence-corrected chi connectivity index (χ2v) is 7.87. The van der Waals surface area contributed by atoms with Crippen molar-refractivity contribution in [2.24, 2.45) is 0 Å². The van der Waals surface area contributed by atoms with E-state index in [1.165, 1.54) is 23.5 Å². The summed E-state index contributed by atoms with van der Waals surface area (Å²) in [6.45, 7) is 2.91. The van der Waals surface area contributed by atoms with Crippen LogP contribution in [0.1, 0.15) is 47.5 Å². The number of hydrogen-bond donors (Lipinski definition) is 1. The van der Waals surface area contributed by atoms with Crippen LogP contribution >= 0.6 is 11.3 Å². The fourth-order valence-corrected chi connectivity index (χ4v) is 4.04. The zero-order chi connectivity index (χ0) is 20.8. The Kier molecular flexibility index (Phi) is 6.82. The first-order valence-corrected chi connectivity index (χ1v) is 10.4. The van der Waals surface area contributed by atoms with Gasteiger partial charge in [0.1, 0.15) is 5.69 Å². The highest BCUT2D eigenvalue weighted by atomic mass is 32.1. The maximum Gasteiger partial charge on any atom is 0.338 e. The predicted molar refractivity (Wildman–Crippen MR) is 110 cm³/mol. The first kappa shape index (κ1) is 20.8. The third kappa shape index (κ3) is 5.32. The van der Waals surface area contributed by atoms with E-state index in [1.54, 1.807) is 6.07 Å². The van der Waals surface area contributed by atoms with E-state index in [9.17, 15) is 19.7 Å². The number of carbonyl (C=O) groups excluding carboxylic acids is 2. The van der Waals surface area contributed by atoms with E-state index in [-0.39, 0.29) is 17.3 Å². The molecule has 1 N–H and O–H groups in total. The summed E-state index contributed by atoms with van der Waals surface area (Å²) in [6, 6.07) is 7.92. The molecule has 1 aliphatic rings. The molecule has 9 heteroatoms. The maximum absolute atomic E-state index is 12.3. The molecule has 1 aromatic carbocycles. The topological polar surface area (TPSA) is 102 Å². The first-order chi connectivity index (χ1) is 14.0. The Morgan fingerprint density at radius 2 is 2.03 bits per heavy atom. The molecule has 8 nitrogen and oxygen atoms in total. The number of nitro groups is 1. The summed E-state index contributed by atoms with van der Waals surface area (Å²) in [5.74, 6) is -1.20. The number of anilines is 1. The van der Waals surface area contributed by atoms with Gasteiger partial charge in [-0.1, -0.05) is 6.07 Å². The van der Waals surface area contributed by atoms with E-state index in [1.807, 2.05) is 29.3 Å². The zero-order valence-electron chi connectivity index (χ0n) is 16.1. The standard InChI is InChI=1S/C20H23N3O5S/c1-14(18-6-5-11-29-18)21-19(24)13-28-20(25)15-7-8-16(17(12-15)23(26)27)22-9-3-2-4-10-22/h5-8,11-12,14H,2-4,9-10,13H2,1H3,(H,21,24)/t14-/m1/s1. The van der Waals surface area contributed by atoms with Gasteiger partial charge in [-0.2, -0.15) is 0 Å². The van der Waals surface area contributed by atoms with Crippen molar-refractivity contribution >= 4 is 34.6 Å². The Labute approximate surface area is 172 Å². The van der Waals surface area contributed by atoms with Crippen molar-refractivity contribution < 1.29 is 19.2 Å². The summed E-state index contributed by atoms with van der Waals surface area (Å²) in [5.41, 5.74) is 0.433.